The van der Waals surface area contributed by atoms with Crippen LogP contribution in [-0.2, 0) is 19.3 Å². The normalized spacial score (nSPS) is 12.5. The average Bonchev–Trinajstić information content (AvgIpc) is 2.78. The lowest BCUT2D eigenvalue weighted by Crippen LogP contribution is -2.29. The van der Waals surface area contributed by atoms with Gasteiger partial charge in [-0.05, 0) is 76.7 Å². The van der Waals surface area contributed by atoms with E-state index in [9.17, 15) is 0 Å². The van der Waals surface area contributed by atoms with Crippen molar-refractivity contribution in [2.24, 2.45) is 0 Å². The van der Waals surface area contributed by atoms with Gasteiger partial charge in [0, 0.05) is 17.8 Å². The minimum absolute atomic E-state index is 0.538. The minimum Gasteiger partial charge on any atom is -0.333 e. The van der Waals surface area contributed by atoms with Gasteiger partial charge in [0.25, 0.3) is 0 Å². The van der Waals surface area contributed by atoms with Crippen LogP contribution < -0.4 is 10.6 Å². The van der Waals surface area contributed by atoms with Crippen LogP contribution in [0.5, 0.6) is 0 Å². The van der Waals surface area contributed by atoms with Gasteiger partial charge in [0.05, 0.1) is 0 Å². The first kappa shape index (κ1) is 20.8. The summed E-state index contributed by atoms with van der Waals surface area (Å²) in [6.07, 6.45) is 4.91. The van der Waals surface area contributed by atoms with Gasteiger partial charge in [0.15, 0.2) is 5.11 Å². The number of nitrogens with one attached hydrogen (secondary N) is 2. The molecule has 3 heteroatoms. The van der Waals surface area contributed by atoms with Crippen molar-refractivity contribution in [1.82, 2.24) is 5.32 Å². The smallest absolute Gasteiger partial charge is 0.175 e. The van der Waals surface area contributed by atoms with E-state index in [2.05, 4.69) is 90.5 Å². The molecule has 0 aromatic heterocycles. The average molecular weight is 423 g/mol. The summed E-state index contributed by atoms with van der Waals surface area (Å²) in [5, 5.41) is 7.07. The number of thiocarbonyl (C=S) groups is 1. The number of fused-ring (bicyclic) bond motifs is 1. The molecule has 154 valence electrons. The van der Waals surface area contributed by atoms with E-state index in [4.69, 9.17) is 12.2 Å². The molecule has 0 saturated carbocycles. The summed E-state index contributed by atoms with van der Waals surface area (Å²) in [6, 6.07) is 27.3. The number of allylic oxidation sites excluding steroid dienone is 3. The zero-order valence-electron chi connectivity index (χ0n) is 17.5. The Balaban J connectivity index is 1.35. The van der Waals surface area contributed by atoms with Crippen molar-refractivity contribution >= 4 is 28.6 Å². The highest BCUT2D eigenvalue weighted by molar-refractivity contribution is 7.80. The van der Waals surface area contributed by atoms with Gasteiger partial charge in [0.1, 0.15) is 0 Å². The molecular weight excluding hydrogens is 396 g/mol. The fourth-order valence-electron chi connectivity index (χ4n) is 3.84. The van der Waals surface area contributed by atoms with E-state index in [1.54, 1.807) is 0 Å². The summed E-state index contributed by atoms with van der Waals surface area (Å²) in [5.74, 6) is 0. The van der Waals surface area contributed by atoms with Crippen molar-refractivity contribution in [3.8, 4) is 0 Å². The van der Waals surface area contributed by atoms with Gasteiger partial charge in [-0.1, -0.05) is 79.9 Å². The van der Waals surface area contributed by atoms with Crippen LogP contribution in [0.4, 0.5) is 5.69 Å². The maximum absolute atomic E-state index is 5.54. The van der Waals surface area contributed by atoms with Crippen LogP contribution in [0.2, 0.25) is 0 Å². The molecule has 0 heterocycles. The van der Waals surface area contributed by atoms with Crippen molar-refractivity contribution in [1.29, 1.82) is 0 Å². The highest BCUT2D eigenvalue weighted by Gasteiger charge is 2.15. The van der Waals surface area contributed by atoms with E-state index in [1.807, 2.05) is 18.2 Å². The SMILES string of the molecule is C=C(NC(=S)Nc1cccc(CCc2ccccc2)c1)C1=CC(=C)c2ccccc2C1. The second-order valence-corrected chi connectivity index (χ2v) is 8.18. The third kappa shape index (κ3) is 5.39. The predicted molar refractivity (Wildman–Crippen MR) is 136 cm³/mol. The number of aryl methyl sites for hydroxylation is 2. The molecule has 1 aliphatic rings. The molecule has 0 spiro atoms. The lowest BCUT2D eigenvalue weighted by molar-refractivity contribution is 0.961. The zero-order chi connectivity index (χ0) is 21.6. The second-order valence-electron chi connectivity index (χ2n) is 7.77. The van der Waals surface area contributed by atoms with E-state index < -0.39 is 0 Å². The topological polar surface area (TPSA) is 24.1 Å². The summed E-state index contributed by atoms with van der Waals surface area (Å²) in [7, 11) is 0. The third-order valence-electron chi connectivity index (χ3n) is 5.47. The van der Waals surface area contributed by atoms with E-state index in [-0.39, 0.29) is 0 Å². The molecule has 2 N–H and O–H groups in total. The number of benzene rings is 3. The molecule has 1 aliphatic carbocycles. The predicted octanol–water partition coefficient (Wildman–Crippen LogP) is 6.47. The maximum atomic E-state index is 5.54. The summed E-state index contributed by atoms with van der Waals surface area (Å²) in [4.78, 5) is 0. The summed E-state index contributed by atoms with van der Waals surface area (Å²) < 4.78 is 0. The molecule has 2 nitrogen and oxygen atoms in total. The van der Waals surface area contributed by atoms with Crippen LogP contribution in [0.1, 0.15) is 22.3 Å². The van der Waals surface area contributed by atoms with E-state index in [0.717, 1.165) is 41.8 Å². The molecule has 0 saturated heterocycles. The number of anilines is 1. The molecule has 0 atom stereocenters. The largest absolute Gasteiger partial charge is 0.333 e. The maximum Gasteiger partial charge on any atom is 0.175 e. The lowest BCUT2D eigenvalue weighted by atomic mass is 9.88. The standard InChI is InChI=1S/C28H26N2S/c1-20-17-25(19-24-12-6-7-14-27(20)24)21(2)29-28(31)30-26-13-8-11-23(18-26)16-15-22-9-4-3-5-10-22/h3-14,17-18H,1-2,15-16,19H2,(H2,29,30,31). The van der Waals surface area contributed by atoms with Gasteiger partial charge >= 0.3 is 0 Å². The summed E-state index contributed by atoms with van der Waals surface area (Å²) >= 11 is 5.54. The molecule has 4 rings (SSSR count). The van der Waals surface area contributed by atoms with Crippen molar-refractivity contribution in [2.45, 2.75) is 19.3 Å². The van der Waals surface area contributed by atoms with Gasteiger partial charge in [-0.3, -0.25) is 0 Å². The highest BCUT2D eigenvalue weighted by atomic mass is 32.1. The van der Waals surface area contributed by atoms with E-state index >= 15 is 0 Å². The number of hydrogen-bond donors (Lipinski definition) is 2. The highest BCUT2D eigenvalue weighted by Crippen LogP contribution is 2.30. The molecule has 0 radical (unpaired) electrons. The van der Waals surface area contributed by atoms with Crippen molar-refractivity contribution in [2.75, 3.05) is 5.32 Å². The Morgan fingerprint density at radius 1 is 0.871 bits per heavy atom. The molecule has 0 bridgehead atoms. The van der Waals surface area contributed by atoms with E-state index in [1.165, 1.54) is 22.3 Å². The monoisotopic (exact) mass is 422 g/mol. The lowest BCUT2D eigenvalue weighted by Gasteiger charge is -2.21. The quantitative estimate of drug-likeness (QED) is 0.445. The molecule has 0 fully saturated rings. The van der Waals surface area contributed by atoms with Crippen molar-refractivity contribution in [3.05, 3.63) is 132 Å². The van der Waals surface area contributed by atoms with Crippen LogP contribution in [0.15, 0.2) is 109 Å². The van der Waals surface area contributed by atoms with Gasteiger partial charge < -0.3 is 10.6 Å². The zero-order valence-corrected chi connectivity index (χ0v) is 18.3. The van der Waals surface area contributed by atoms with Crippen LogP contribution in [0.3, 0.4) is 0 Å². The van der Waals surface area contributed by atoms with Gasteiger partial charge in [-0.2, -0.15) is 0 Å². The Labute approximate surface area is 190 Å². The van der Waals surface area contributed by atoms with Gasteiger partial charge in [0.2, 0.25) is 0 Å². The van der Waals surface area contributed by atoms with Gasteiger partial charge in [-0.25, -0.2) is 0 Å². The number of rotatable bonds is 6. The van der Waals surface area contributed by atoms with Crippen LogP contribution in [0.25, 0.3) is 5.57 Å². The fourth-order valence-corrected chi connectivity index (χ4v) is 4.08. The Bertz CT molecular complexity index is 1160. The Kier molecular flexibility index (Phi) is 6.44. The first-order valence-corrected chi connectivity index (χ1v) is 10.9. The molecule has 0 amide bonds. The molecule has 3 aromatic rings. The fraction of sp³-hybridized carbons (Fsp3) is 0.107. The Morgan fingerprint density at radius 2 is 1.58 bits per heavy atom. The van der Waals surface area contributed by atoms with Crippen molar-refractivity contribution in [3.63, 3.8) is 0 Å². The van der Waals surface area contributed by atoms with Crippen LogP contribution in [0, 0.1) is 0 Å². The third-order valence-corrected chi connectivity index (χ3v) is 5.68. The minimum atomic E-state index is 0.538. The molecule has 0 unspecified atom stereocenters. The summed E-state index contributed by atoms with van der Waals surface area (Å²) in [5.41, 5.74) is 8.97. The van der Waals surface area contributed by atoms with Gasteiger partial charge in [-0.15, -0.1) is 0 Å². The van der Waals surface area contributed by atoms with Crippen LogP contribution in [-0.4, -0.2) is 5.11 Å². The first-order chi connectivity index (χ1) is 15.1. The van der Waals surface area contributed by atoms with Crippen LogP contribution >= 0.6 is 12.2 Å². The first-order valence-electron chi connectivity index (χ1n) is 10.5. The van der Waals surface area contributed by atoms with E-state index in [0.29, 0.717) is 5.11 Å². The Hall–Kier alpha value is -3.43. The summed E-state index contributed by atoms with van der Waals surface area (Å²) in [6.45, 7) is 8.39. The molecule has 0 aliphatic heterocycles. The Morgan fingerprint density at radius 3 is 2.42 bits per heavy atom. The number of hydrogen-bond acceptors (Lipinski definition) is 1. The van der Waals surface area contributed by atoms with Crippen molar-refractivity contribution < 1.29 is 0 Å². The molecule has 31 heavy (non-hydrogen) atoms. The molecular formula is C28H26N2S. The molecule has 3 aromatic carbocycles. The second kappa shape index (κ2) is 9.59.